The van der Waals surface area contributed by atoms with Gasteiger partial charge in [0.1, 0.15) is 17.3 Å². The van der Waals surface area contributed by atoms with Gasteiger partial charge >= 0.3 is 0 Å². The predicted octanol–water partition coefficient (Wildman–Crippen LogP) is 6.28. The Morgan fingerprint density at radius 3 is 2.36 bits per heavy atom. The third-order valence-corrected chi connectivity index (χ3v) is 7.03. The number of benzene rings is 1. The van der Waals surface area contributed by atoms with Crippen LogP contribution in [0.5, 0.6) is 0 Å². The van der Waals surface area contributed by atoms with E-state index in [-0.39, 0.29) is 47.3 Å². The molecule has 4 nitrogen and oxygen atoms in total. The SMILES string of the molecule is CCCC(CC1CC(=O)c2c(C)ccc(CC(=O)CC(C)C)c2C1)C(CC)C(=O)CC(C)=O. The van der Waals surface area contributed by atoms with Crippen molar-refractivity contribution in [3.05, 3.63) is 34.4 Å². The van der Waals surface area contributed by atoms with Crippen molar-refractivity contribution in [2.24, 2.45) is 23.7 Å². The van der Waals surface area contributed by atoms with E-state index in [4.69, 9.17) is 0 Å². The first-order valence-corrected chi connectivity index (χ1v) is 12.8. The van der Waals surface area contributed by atoms with Gasteiger partial charge < -0.3 is 0 Å². The lowest BCUT2D eigenvalue weighted by Gasteiger charge is -2.32. The summed E-state index contributed by atoms with van der Waals surface area (Å²) in [5.41, 5.74) is 3.84. The molecule has 0 bridgehead atoms. The van der Waals surface area contributed by atoms with Crippen LogP contribution in [-0.4, -0.2) is 23.1 Å². The quantitative estimate of drug-likeness (QED) is 0.329. The lowest BCUT2D eigenvalue weighted by molar-refractivity contribution is -0.130. The second-order valence-electron chi connectivity index (χ2n) is 10.6. The highest BCUT2D eigenvalue weighted by Crippen LogP contribution is 2.37. The van der Waals surface area contributed by atoms with Crippen molar-refractivity contribution in [2.45, 2.75) is 99.3 Å². The van der Waals surface area contributed by atoms with Gasteiger partial charge in [0.05, 0.1) is 6.42 Å². The number of aryl methyl sites for hydroxylation is 1. The summed E-state index contributed by atoms with van der Waals surface area (Å²) in [6.07, 6.45) is 5.65. The molecule has 3 unspecified atom stereocenters. The Morgan fingerprint density at radius 2 is 1.79 bits per heavy atom. The van der Waals surface area contributed by atoms with E-state index >= 15 is 0 Å². The summed E-state index contributed by atoms with van der Waals surface area (Å²) in [4.78, 5) is 50.1. The summed E-state index contributed by atoms with van der Waals surface area (Å²) in [5, 5.41) is 0. The monoisotopic (exact) mass is 454 g/mol. The Balaban J connectivity index is 2.29. The summed E-state index contributed by atoms with van der Waals surface area (Å²) in [7, 11) is 0. The number of hydrogen-bond donors (Lipinski definition) is 0. The molecular formula is C29H42O4. The Bertz CT molecular complexity index is 880. The molecule has 0 aromatic heterocycles. The number of hydrogen-bond acceptors (Lipinski definition) is 4. The largest absolute Gasteiger partial charge is 0.300 e. The van der Waals surface area contributed by atoms with Crippen LogP contribution in [0.1, 0.15) is 107 Å². The van der Waals surface area contributed by atoms with Gasteiger partial charge in [-0.2, -0.15) is 0 Å². The van der Waals surface area contributed by atoms with Crippen molar-refractivity contribution < 1.29 is 19.2 Å². The molecule has 1 aromatic rings. The molecule has 0 saturated carbocycles. The van der Waals surface area contributed by atoms with Gasteiger partial charge in [0.25, 0.3) is 0 Å². The van der Waals surface area contributed by atoms with Crippen LogP contribution in [0.25, 0.3) is 0 Å². The molecule has 1 aliphatic rings. The molecule has 0 fully saturated rings. The van der Waals surface area contributed by atoms with E-state index in [1.807, 2.05) is 39.8 Å². The van der Waals surface area contributed by atoms with Crippen molar-refractivity contribution in [3.63, 3.8) is 0 Å². The highest BCUT2D eigenvalue weighted by Gasteiger charge is 2.34. The van der Waals surface area contributed by atoms with Crippen LogP contribution < -0.4 is 0 Å². The topological polar surface area (TPSA) is 68.3 Å². The van der Waals surface area contributed by atoms with E-state index in [9.17, 15) is 19.2 Å². The molecule has 0 radical (unpaired) electrons. The number of Topliss-reactive ketones (excluding diaryl/α,β-unsaturated/α-hetero) is 4. The molecule has 0 amide bonds. The second kappa shape index (κ2) is 12.4. The summed E-state index contributed by atoms with van der Waals surface area (Å²) >= 11 is 0. The van der Waals surface area contributed by atoms with Crippen LogP contribution >= 0.6 is 0 Å². The first-order chi connectivity index (χ1) is 15.6. The molecule has 3 atom stereocenters. The zero-order chi connectivity index (χ0) is 24.7. The minimum atomic E-state index is -0.130. The van der Waals surface area contributed by atoms with Crippen LogP contribution in [-0.2, 0) is 27.2 Å². The highest BCUT2D eigenvalue weighted by molar-refractivity contribution is 6.01. The van der Waals surface area contributed by atoms with E-state index in [1.165, 1.54) is 6.92 Å². The van der Waals surface area contributed by atoms with Gasteiger partial charge in [-0.3, -0.25) is 19.2 Å². The zero-order valence-corrected chi connectivity index (χ0v) is 21.5. The first kappa shape index (κ1) is 27.1. The minimum absolute atomic E-state index is 0.00641. The Kier molecular flexibility index (Phi) is 10.2. The Morgan fingerprint density at radius 1 is 1.09 bits per heavy atom. The average Bonchev–Trinajstić information content (AvgIpc) is 2.69. The first-order valence-electron chi connectivity index (χ1n) is 12.8. The van der Waals surface area contributed by atoms with Gasteiger partial charge in [0.15, 0.2) is 5.78 Å². The van der Waals surface area contributed by atoms with E-state index < -0.39 is 0 Å². The van der Waals surface area contributed by atoms with E-state index in [0.717, 1.165) is 54.4 Å². The van der Waals surface area contributed by atoms with Crippen molar-refractivity contribution >= 4 is 23.1 Å². The molecule has 182 valence electrons. The zero-order valence-electron chi connectivity index (χ0n) is 21.5. The molecule has 2 rings (SSSR count). The molecule has 4 heteroatoms. The fourth-order valence-electron chi connectivity index (χ4n) is 5.71. The summed E-state index contributed by atoms with van der Waals surface area (Å²) in [6, 6.07) is 4.00. The van der Waals surface area contributed by atoms with Crippen molar-refractivity contribution in [3.8, 4) is 0 Å². The van der Waals surface area contributed by atoms with Gasteiger partial charge in [-0.15, -0.1) is 0 Å². The van der Waals surface area contributed by atoms with Gasteiger partial charge in [0, 0.05) is 30.7 Å². The second-order valence-corrected chi connectivity index (χ2v) is 10.6. The lowest BCUT2D eigenvalue weighted by atomic mass is 9.71. The number of carbonyl (C=O) groups excluding carboxylic acids is 4. The number of carbonyl (C=O) groups is 4. The number of fused-ring (bicyclic) bond motifs is 1. The molecule has 0 heterocycles. The third kappa shape index (κ3) is 7.45. The number of rotatable bonds is 13. The summed E-state index contributed by atoms with van der Waals surface area (Å²) in [5.74, 6) is 0.883. The average molecular weight is 455 g/mol. The van der Waals surface area contributed by atoms with Gasteiger partial charge in [-0.1, -0.05) is 52.7 Å². The van der Waals surface area contributed by atoms with Crippen molar-refractivity contribution in [1.82, 2.24) is 0 Å². The molecule has 1 aliphatic carbocycles. The third-order valence-electron chi connectivity index (χ3n) is 7.03. The predicted molar refractivity (Wildman–Crippen MR) is 133 cm³/mol. The molecule has 1 aromatic carbocycles. The smallest absolute Gasteiger partial charge is 0.163 e. The summed E-state index contributed by atoms with van der Waals surface area (Å²) < 4.78 is 0. The van der Waals surface area contributed by atoms with Crippen molar-refractivity contribution in [2.75, 3.05) is 0 Å². The minimum Gasteiger partial charge on any atom is -0.300 e. The fourth-order valence-corrected chi connectivity index (χ4v) is 5.71. The molecule has 0 aliphatic heterocycles. The normalized spacial score (nSPS) is 17.5. The number of ketones is 4. The van der Waals surface area contributed by atoms with Crippen LogP contribution in [0.15, 0.2) is 12.1 Å². The van der Waals surface area contributed by atoms with Crippen LogP contribution in [0.3, 0.4) is 0 Å². The van der Waals surface area contributed by atoms with Gasteiger partial charge in [0.2, 0.25) is 0 Å². The fraction of sp³-hybridized carbons (Fsp3) is 0.655. The Hall–Kier alpha value is -2.10. The molecular weight excluding hydrogens is 412 g/mol. The maximum Gasteiger partial charge on any atom is 0.163 e. The van der Waals surface area contributed by atoms with Gasteiger partial charge in [-0.25, -0.2) is 0 Å². The summed E-state index contributed by atoms with van der Waals surface area (Å²) in [6.45, 7) is 11.7. The maximum atomic E-state index is 13.2. The lowest BCUT2D eigenvalue weighted by Crippen LogP contribution is -2.30. The molecule has 33 heavy (non-hydrogen) atoms. The van der Waals surface area contributed by atoms with Crippen LogP contribution in [0.2, 0.25) is 0 Å². The maximum absolute atomic E-state index is 13.2. The molecule has 0 N–H and O–H groups in total. The molecule has 0 spiro atoms. The standard InChI is InChI=1S/C29H42O4/c1-7-9-22(25(8-2)27(32)13-20(6)30)14-21-15-26-23(17-24(31)12-18(3)4)11-10-19(5)29(26)28(33)16-21/h10-11,18,21-22,25H,7-9,12-17H2,1-6H3. The van der Waals surface area contributed by atoms with Crippen molar-refractivity contribution in [1.29, 1.82) is 0 Å². The highest BCUT2D eigenvalue weighted by atomic mass is 16.1. The van der Waals surface area contributed by atoms with E-state index in [0.29, 0.717) is 25.2 Å². The van der Waals surface area contributed by atoms with E-state index in [1.54, 1.807) is 0 Å². The van der Waals surface area contributed by atoms with Crippen LogP contribution in [0, 0.1) is 30.6 Å². The molecule has 0 saturated heterocycles. The Labute approximate surface area is 199 Å². The van der Waals surface area contributed by atoms with E-state index in [2.05, 4.69) is 6.92 Å². The van der Waals surface area contributed by atoms with Crippen LogP contribution in [0.4, 0.5) is 0 Å². The van der Waals surface area contributed by atoms with Gasteiger partial charge in [-0.05, 0) is 67.6 Å².